The van der Waals surface area contributed by atoms with Crippen LogP contribution in [0.2, 0.25) is 0 Å². The number of alkyl halides is 2. The Balaban J connectivity index is 3.29. The number of ether oxygens (including phenoxy) is 1. The topological polar surface area (TPSA) is 59.2 Å². The minimum atomic E-state index is -2.83. The summed E-state index contributed by atoms with van der Waals surface area (Å²) >= 11 is 0. The van der Waals surface area contributed by atoms with Crippen molar-refractivity contribution < 1.29 is 18.3 Å². The first kappa shape index (κ1) is 10.4. The summed E-state index contributed by atoms with van der Waals surface area (Å²) in [6.07, 6.45) is -2.83. The molecule has 6 heteroatoms. The molecule has 0 fully saturated rings. The zero-order valence-corrected chi connectivity index (χ0v) is 7.21. The van der Waals surface area contributed by atoms with E-state index in [4.69, 9.17) is 0 Å². The maximum atomic E-state index is 12.3. The van der Waals surface area contributed by atoms with E-state index in [1.54, 1.807) is 0 Å². The normalized spacial score (nSPS) is 10.3. The molecular formula is C8H7F2NO3. The Kier molecular flexibility index (Phi) is 2.95. The first-order valence-electron chi connectivity index (χ1n) is 3.66. The lowest BCUT2D eigenvalue weighted by molar-refractivity contribution is 0.0581. The van der Waals surface area contributed by atoms with Crippen molar-refractivity contribution in [3.8, 4) is 0 Å². The van der Waals surface area contributed by atoms with Crippen LogP contribution in [0.1, 0.15) is 22.5 Å². The molecule has 76 valence electrons. The lowest BCUT2D eigenvalue weighted by Gasteiger charge is -2.05. The average molecular weight is 203 g/mol. The van der Waals surface area contributed by atoms with Crippen molar-refractivity contribution in [1.82, 2.24) is 4.98 Å². The third-order valence-corrected chi connectivity index (χ3v) is 1.58. The number of carbonyl (C=O) groups excluding carboxylic acids is 1. The molecule has 1 heterocycles. The number of pyridine rings is 1. The Hall–Kier alpha value is -1.72. The van der Waals surface area contributed by atoms with Crippen LogP contribution < -0.4 is 5.56 Å². The van der Waals surface area contributed by atoms with Crippen LogP contribution in [0.15, 0.2) is 16.9 Å². The molecule has 4 nitrogen and oxygen atoms in total. The molecule has 1 N–H and O–H groups in total. The third kappa shape index (κ3) is 1.95. The van der Waals surface area contributed by atoms with Crippen LogP contribution in [-0.4, -0.2) is 18.1 Å². The van der Waals surface area contributed by atoms with Crippen LogP contribution >= 0.6 is 0 Å². The number of halogens is 2. The van der Waals surface area contributed by atoms with Crippen LogP contribution in [0, 0.1) is 0 Å². The molecule has 0 amide bonds. The van der Waals surface area contributed by atoms with E-state index in [0.29, 0.717) is 0 Å². The van der Waals surface area contributed by atoms with Crippen molar-refractivity contribution >= 4 is 5.97 Å². The molecule has 0 saturated carbocycles. The molecule has 0 radical (unpaired) electrons. The largest absolute Gasteiger partial charge is 0.464 e. The number of H-pyrrole nitrogens is 1. The van der Waals surface area contributed by atoms with Gasteiger partial charge in [0.1, 0.15) is 5.69 Å². The van der Waals surface area contributed by atoms with Crippen molar-refractivity contribution in [2.75, 3.05) is 7.11 Å². The van der Waals surface area contributed by atoms with Crippen LogP contribution in [0.25, 0.3) is 0 Å². The fourth-order valence-corrected chi connectivity index (χ4v) is 0.939. The molecule has 1 aromatic heterocycles. The second-order valence-corrected chi connectivity index (χ2v) is 2.45. The number of esters is 1. The van der Waals surface area contributed by atoms with Gasteiger partial charge in [0.15, 0.2) is 0 Å². The van der Waals surface area contributed by atoms with Crippen LogP contribution in [-0.2, 0) is 4.74 Å². The van der Waals surface area contributed by atoms with Gasteiger partial charge >= 0.3 is 5.97 Å². The highest BCUT2D eigenvalue weighted by atomic mass is 19.3. The van der Waals surface area contributed by atoms with E-state index in [0.717, 1.165) is 19.2 Å². The van der Waals surface area contributed by atoms with E-state index < -0.39 is 29.2 Å². The lowest BCUT2D eigenvalue weighted by Crippen LogP contribution is -2.16. The van der Waals surface area contributed by atoms with E-state index in [1.165, 1.54) is 0 Å². The van der Waals surface area contributed by atoms with E-state index in [1.807, 2.05) is 4.98 Å². The minimum absolute atomic E-state index is 0.505. The van der Waals surface area contributed by atoms with E-state index in [-0.39, 0.29) is 0 Å². The predicted molar refractivity (Wildman–Crippen MR) is 43.4 cm³/mol. The fourth-order valence-electron chi connectivity index (χ4n) is 0.939. The zero-order valence-electron chi connectivity index (χ0n) is 7.21. The van der Waals surface area contributed by atoms with Crippen molar-refractivity contribution in [2.45, 2.75) is 6.43 Å². The minimum Gasteiger partial charge on any atom is -0.464 e. The van der Waals surface area contributed by atoms with Gasteiger partial charge in [-0.15, -0.1) is 0 Å². The Morgan fingerprint density at radius 1 is 1.50 bits per heavy atom. The summed E-state index contributed by atoms with van der Waals surface area (Å²) < 4.78 is 28.9. The highest BCUT2D eigenvalue weighted by Gasteiger charge is 2.19. The number of rotatable bonds is 2. The van der Waals surface area contributed by atoms with Gasteiger partial charge in [-0.3, -0.25) is 4.79 Å². The van der Waals surface area contributed by atoms with E-state index >= 15 is 0 Å². The summed E-state index contributed by atoms with van der Waals surface area (Å²) in [6, 6.07) is 1.82. The number of hydrogen-bond donors (Lipinski definition) is 1. The molecule has 0 bridgehead atoms. The first-order chi connectivity index (χ1) is 6.56. The maximum Gasteiger partial charge on any atom is 0.355 e. The molecule has 0 aliphatic heterocycles. The second-order valence-electron chi connectivity index (χ2n) is 2.45. The predicted octanol–water partition coefficient (Wildman–Crippen LogP) is 1.10. The van der Waals surface area contributed by atoms with Crippen molar-refractivity contribution in [3.63, 3.8) is 0 Å². The number of nitrogens with one attached hydrogen (secondary N) is 1. The SMILES string of the molecule is COC(=O)c1[nH]c(=O)ccc1C(F)F. The summed E-state index contributed by atoms with van der Waals surface area (Å²) in [6.45, 7) is 0. The highest BCUT2D eigenvalue weighted by molar-refractivity contribution is 5.88. The summed E-state index contributed by atoms with van der Waals surface area (Å²) in [7, 11) is 1.04. The van der Waals surface area contributed by atoms with E-state index in [9.17, 15) is 18.4 Å². The van der Waals surface area contributed by atoms with Gasteiger partial charge in [0.2, 0.25) is 5.56 Å². The van der Waals surface area contributed by atoms with Crippen molar-refractivity contribution in [2.24, 2.45) is 0 Å². The van der Waals surface area contributed by atoms with Crippen molar-refractivity contribution in [1.29, 1.82) is 0 Å². The zero-order chi connectivity index (χ0) is 10.7. The molecule has 1 rings (SSSR count). The molecule has 0 saturated heterocycles. The quantitative estimate of drug-likeness (QED) is 0.732. The van der Waals surface area contributed by atoms with Crippen LogP contribution in [0.4, 0.5) is 8.78 Å². The summed E-state index contributed by atoms with van der Waals surface area (Å²) in [5.41, 5.74) is -1.68. The Labute approximate surface area is 77.5 Å². The Bertz CT molecular complexity index is 400. The Morgan fingerprint density at radius 2 is 2.14 bits per heavy atom. The van der Waals surface area contributed by atoms with Gasteiger partial charge in [-0.25, -0.2) is 13.6 Å². The molecule has 14 heavy (non-hydrogen) atoms. The molecule has 0 spiro atoms. The molecule has 0 aromatic carbocycles. The van der Waals surface area contributed by atoms with Crippen LogP contribution in [0.5, 0.6) is 0 Å². The first-order valence-corrected chi connectivity index (χ1v) is 3.66. The molecule has 0 aliphatic carbocycles. The maximum absolute atomic E-state index is 12.3. The number of aromatic amines is 1. The molecule has 1 aromatic rings. The fraction of sp³-hybridized carbons (Fsp3) is 0.250. The Morgan fingerprint density at radius 3 is 2.64 bits per heavy atom. The average Bonchev–Trinajstić information content (AvgIpc) is 2.16. The molecule has 0 atom stereocenters. The lowest BCUT2D eigenvalue weighted by atomic mass is 10.2. The number of hydrogen-bond acceptors (Lipinski definition) is 3. The summed E-state index contributed by atoms with van der Waals surface area (Å²) in [4.78, 5) is 23.7. The smallest absolute Gasteiger partial charge is 0.355 e. The van der Waals surface area contributed by atoms with E-state index in [2.05, 4.69) is 4.74 Å². The third-order valence-electron chi connectivity index (χ3n) is 1.58. The molecule has 0 aliphatic rings. The van der Waals surface area contributed by atoms with Gasteiger partial charge in [-0.2, -0.15) is 0 Å². The van der Waals surface area contributed by atoms with Gasteiger partial charge in [0, 0.05) is 11.6 Å². The highest BCUT2D eigenvalue weighted by Crippen LogP contribution is 2.20. The summed E-state index contributed by atoms with van der Waals surface area (Å²) in [5.74, 6) is -0.988. The van der Waals surface area contributed by atoms with Crippen molar-refractivity contribution in [3.05, 3.63) is 33.7 Å². The van der Waals surface area contributed by atoms with Gasteiger partial charge in [0.25, 0.3) is 6.43 Å². The van der Waals surface area contributed by atoms with Gasteiger partial charge in [0.05, 0.1) is 7.11 Å². The molecule has 0 unspecified atom stereocenters. The van der Waals surface area contributed by atoms with Gasteiger partial charge in [-0.05, 0) is 6.07 Å². The van der Waals surface area contributed by atoms with Gasteiger partial charge < -0.3 is 9.72 Å². The van der Waals surface area contributed by atoms with Gasteiger partial charge in [-0.1, -0.05) is 0 Å². The standard InChI is InChI=1S/C8H7F2NO3/c1-14-8(13)6-4(7(9)10)2-3-5(12)11-6/h2-3,7H,1H3,(H,11,12). The molecular weight excluding hydrogens is 196 g/mol. The summed E-state index contributed by atoms with van der Waals surface area (Å²) in [5, 5.41) is 0. The van der Waals surface area contributed by atoms with Crippen LogP contribution in [0.3, 0.4) is 0 Å². The monoisotopic (exact) mass is 203 g/mol. The number of methoxy groups -OCH3 is 1. The number of carbonyl (C=O) groups is 1. The number of aromatic nitrogens is 1. The second kappa shape index (κ2) is 3.99.